The fraction of sp³-hybridized carbons (Fsp3) is 0.737. The predicted octanol–water partition coefficient (Wildman–Crippen LogP) is 0.943. The van der Waals surface area contributed by atoms with E-state index in [0.717, 1.165) is 82.5 Å². The minimum Gasteiger partial charge on any atom is -0.359 e. The molecule has 0 atom stereocenters. The zero-order valence-corrected chi connectivity index (χ0v) is 16.6. The second-order valence-corrected chi connectivity index (χ2v) is 7.16. The first kappa shape index (κ1) is 19.7. The molecule has 8 nitrogen and oxygen atoms in total. The Kier molecular flexibility index (Phi) is 7.09. The third kappa shape index (κ3) is 5.45. The Labute approximate surface area is 161 Å². The van der Waals surface area contributed by atoms with Crippen molar-refractivity contribution in [2.75, 3.05) is 52.4 Å². The molecule has 0 bridgehead atoms. The van der Waals surface area contributed by atoms with Crippen molar-refractivity contribution in [3.8, 4) is 0 Å². The van der Waals surface area contributed by atoms with Gasteiger partial charge in [0.25, 0.3) is 0 Å². The fourth-order valence-corrected chi connectivity index (χ4v) is 3.55. The molecule has 0 aromatic carbocycles. The van der Waals surface area contributed by atoms with Gasteiger partial charge in [-0.3, -0.25) is 9.69 Å². The van der Waals surface area contributed by atoms with Gasteiger partial charge in [-0.25, -0.2) is 4.99 Å². The molecule has 0 spiro atoms. The van der Waals surface area contributed by atoms with E-state index in [1.807, 2.05) is 11.0 Å². The molecule has 8 heteroatoms. The number of carbonyl (C=O) groups excluding carboxylic acids is 1. The van der Waals surface area contributed by atoms with Crippen molar-refractivity contribution in [3.05, 3.63) is 17.5 Å². The summed E-state index contributed by atoms with van der Waals surface area (Å²) in [5.74, 6) is 1.97. The van der Waals surface area contributed by atoms with Crippen LogP contribution in [0, 0.1) is 0 Å². The molecule has 0 saturated carbocycles. The van der Waals surface area contributed by atoms with Gasteiger partial charge < -0.3 is 19.6 Å². The average molecular weight is 377 g/mol. The molecule has 0 aliphatic carbocycles. The third-order valence-electron chi connectivity index (χ3n) is 5.18. The van der Waals surface area contributed by atoms with Crippen molar-refractivity contribution in [2.45, 2.75) is 39.7 Å². The molecule has 1 aromatic rings. The van der Waals surface area contributed by atoms with E-state index in [1.165, 1.54) is 0 Å². The maximum Gasteiger partial charge on any atom is 0.236 e. The van der Waals surface area contributed by atoms with Crippen LogP contribution in [0.25, 0.3) is 0 Å². The fourth-order valence-electron chi connectivity index (χ4n) is 3.55. The van der Waals surface area contributed by atoms with Crippen LogP contribution in [0.15, 0.2) is 15.6 Å². The number of hydrogen-bond donors (Lipinski definition) is 1. The second-order valence-electron chi connectivity index (χ2n) is 7.16. The highest BCUT2D eigenvalue weighted by molar-refractivity contribution is 5.80. The molecule has 150 valence electrons. The standard InChI is InChI=1S/C19H32N6O2/c1-3-16-13-17(27-22-16)14-21-19(20-4-2)25-11-9-23(10-12-25)15-18(26)24-7-5-6-8-24/h13H,3-12,14-15H2,1-2H3,(H,20,21). The summed E-state index contributed by atoms with van der Waals surface area (Å²) in [6.45, 7) is 11.3. The van der Waals surface area contributed by atoms with Gasteiger partial charge in [0.15, 0.2) is 11.7 Å². The van der Waals surface area contributed by atoms with E-state index in [-0.39, 0.29) is 5.91 Å². The molecule has 3 rings (SSSR count). The molecular weight excluding hydrogens is 344 g/mol. The normalized spacial score (nSPS) is 19.0. The molecule has 2 aliphatic heterocycles. The van der Waals surface area contributed by atoms with E-state index < -0.39 is 0 Å². The number of nitrogens with zero attached hydrogens (tertiary/aromatic N) is 5. The van der Waals surface area contributed by atoms with Crippen LogP contribution >= 0.6 is 0 Å². The van der Waals surface area contributed by atoms with Crippen LogP contribution in [-0.4, -0.2) is 84.1 Å². The number of likely N-dealkylation sites (tertiary alicyclic amines) is 1. The van der Waals surface area contributed by atoms with Gasteiger partial charge in [0.05, 0.1) is 12.2 Å². The SMILES string of the molecule is CCNC(=NCc1cc(CC)no1)N1CCN(CC(=O)N2CCCC2)CC1. The van der Waals surface area contributed by atoms with Crippen LogP contribution in [0.2, 0.25) is 0 Å². The number of aromatic nitrogens is 1. The van der Waals surface area contributed by atoms with E-state index in [1.54, 1.807) is 0 Å². The lowest BCUT2D eigenvalue weighted by Crippen LogP contribution is -2.54. The lowest BCUT2D eigenvalue weighted by Gasteiger charge is -2.36. The lowest BCUT2D eigenvalue weighted by molar-refractivity contribution is -0.131. The Morgan fingerprint density at radius 1 is 1.15 bits per heavy atom. The summed E-state index contributed by atoms with van der Waals surface area (Å²) in [4.78, 5) is 23.6. The highest BCUT2D eigenvalue weighted by Gasteiger charge is 2.24. The smallest absolute Gasteiger partial charge is 0.236 e. The van der Waals surface area contributed by atoms with Crippen molar-refractivity contribution in [1.82, 2.24) is 25.2 Å². The third-order valence-corrected chi connectivity index (χ3v) is 5.18. The summed E-state index contributed by atoms with van der Waals surface area (Å²) in [5.41, 5.74) is 0.960. The van der Waals surface area contributed by atoms with E-state index in [0.29, 0.717) is 13.1 Å². The van der Waals surface area contributed by atoms with E-state index in [9.17, 15) is 4.79 Å². The summed E-state index contributed by atoms with van der Waals surface area (Å²) in [7, 11) is 0. The first-order valence-electron chi connectivity index (χ1n) is 10.2. The maximum absolute atomic E-state index is 12.3. The van der Waals surface area contributed by atoms with Gasteiger partial charge >= 0.3 is 0 Å². The number of hydrogen-bond acceptors (Lipinski definition) is 5. The van der Waals surface area contributed by atoms with E-state index in [4.69, 9.17) is 9.52 Å². The van der Waals surface area contributed by atoms with E-state index in [2.05, 4.69) is 34.1 Å². The number of piperazine rings is 1. The summed E-state index contributed by atoms with van der Waals surface area (Å²) in [6.07, 6.45) is 3.16. The van der Waals surface area contributed by atoms with Crippen molar-refractivity contribution < 1.29 is 9.32 Å². The largest absolute Gasteiger partial charge is 0.359 e. The number of nitrogens with one attached hydrogen (secondary N) is 1. The van der Waals surface area contributed by atoms with Crippen LogP contribution in [0.1, 0.15) is 38.1 Å². The number of guanidine groups is 1. The van der Waals surface area contributed by atoms with Crippen molar-refractivity contribution in [3.63, 3.8) is 0 Å². The van der Waals surface area contributed by atoms with Crippen LogP contribution in [-0.2, 0) is 17.8 Å². The van der Waals surface area contributed by atoms with Crippen LogP contribution in [0.3, 0.4) is 0 Å². The van der Waals surface area contributed by atoms with Crippen LogP contribution in [0.5, 0.6) is 0 Å². The minimum absolute atomic E-state index is 0.276. The van der Waals surface area contributed by atoms with E-state index >= 15 is 0 Å². The molecule has 2 fully saturated rings. The molecule has 2 saturated heterocycles. The molecule has 1 aromatic heterocycles. The average Bonchev–Trinajstić information content (AvgIpc) is 3.37. The van der Waals surface area contributed by atoms with Gasteiger partial charge in [-0.05, 0) is 26.2 Å². The molecule has 1 amide bonds. The predicted molar refractivity (Wildman–Crippen MR) is 105 cm³/mol. The van der Waals surface area contributed by atoms with Crippen molar-refractivity contribution >= 4 is 11.9 Å². The number of aliphatic imine (C=N–C) groups is 1. The topological polar surface area (TPSA) is 77.2 Å². The Hall–Kier alpha value is -2.09. The van der Waals surface area contributed by atoms with Crippen molar-refractivity contribution in [2.24, 2.45) is 4.99 Å². The Morgan fingerprint density at radius 3 is 2.52 bits per heavy atom. The summed E-state index contributed by atoms with van der Waals surface area (Å²) >= 11 is 0. The van der Waals surface area contributed by atoms with Gasteiger partial charge in [-0.2, -0.15) is 0 Å². The van der Waals surface area contributed by atoms with Gasteiger partial charge in [-0.1, -0.05) is 12.1 Å². The number of amides is 1. The summed E-state index contributed by atoms with van der Waals surface area (Å²) in [5, 5.41) is 7.38. The van der Waals surface area contributed by atoms with Gasteiger partial charge in [-0.15, -0.1) is 0 Å². The van der Waals surface area contributed by atoms with Crippen LogP contribution in [0.4, 0.5) is 0 Å². The zero-order valence-electron chi connectivity index (χ0n) is 16.6. The van der Waals surface area contributed by atoms with Crippen molar-refractivity contribution in [1.29, 1.82) is 0 Å². The quantitative estimate of drug-likeness (QED) is 0.588. The number of carbonyl (C=O) groups is 1. The zero-order chi connectivity index (χ0) is 19.1. The van der Waals surface area contributed by atoms with Gasteiger partial charge in [0.2, 0.25) is 5.91 Å². The Bertz CT molecular complexity index is 630. The summed E-state index contributed by atoms with van der Waals surface area (Å²) < 4.78 is 5.33. The number of aryl methyl sites for hydroxylation is 1. The molecule has 3 heterocycles. The lowest BCUT2D eigenvalue weighted by atomic mass is 10.3. The molecular formula is C19H32N6O2. The molecule has 0 unspecified atom stereocenters. The van der Waals surface area contributed by atoms with Gasteiger partial charge in [0, 0.05) is 51.9 Å². The monoisotopic (exact) mass is 376 g/mol. The Morgan fingerprint density at radius 2 is 1.89 bits per heavy atom. The second kappa shape index (κ2) is 9.73. The first-order chi connectivity index (χ1) is 13.2. The molecule has 27 heavy (non-hydrogen) atoms. The van der Waals surface area contributed by atoms with Crippen LogP contribution < -0.4 is 5.32 Å². The van der Waals surface area contributed by atoms with Gasteiger partial charge in [0.1, 0.15) is 6.54 Å². The molecule has 1 N–H and O–H groups in total. The Balaban J connectivity index is 1.50. The highest BCUT2D eigenvalue weighted by Crippen LogP contribution is 2.10. The highest BCUT2D eigenvalue weighted by atomic mass is 16.5. The maximum atomic E-state index is 12.3. The minimum atomic E-state index is 0.276. The summed E-state index contributed by atoms with van der Waals surface area (Å²) in [6, 6.07) is 1.97. The molecule has 0 radical (unpaired) electrons. The molecule has 2 aliphatic rings. The number of rotatable bonds is 6. The first-order valence-corrected chi connectivity index (χ1v) is 10.2.